The van der Waals surface area contributed by atoms with Crippen LogP contribution in [0, 0.1) is 0 Å². The maximum absolute atomic E-state index is 12.2. The Morgan fingerprint density at radius 3 is 2.76 bits per heavy atom. The molecule has 9 nitrogen and oxygen atoms in total. The molecule has 3 rings (SSSR count). The zero-order chi connectivity index (χ0) is 20.8. The molecule has 1 atom stereocenters. The molecule has 0 aliphatic carbocycles. The van der Waals surface area contributed by atoms with E-state index < -0.39 is 23.9 Å². The van der Waals surface area contributed by atoms with Crippen molar-refractivity contribution in [3.63, 3.8) is 0 Å². The van der Waals surface area contributed by atoms with E-state index in [0.717, 1.165) is 5.52 Å². The lowest BCUT2D eigenvalue weighted by molar-refractivity contribution is -0.153. The summed E-state index contributed by atoms with van der Waals surface area (Å²) in [5.74, 6) is -1.26. The second-order valence-corrected chi connectivity index (χ2v) is 6.54. The summed E-state index contributed by atoms with van der Waals surface area (Å²) in [5, 5.41) is 13.0. The van der Waals surface area contributed by atoms with Crippen LogP contribution in [-0.2, 0) is 14.3 Å². The summed E-state index contributed by atoms with van der Waals surface area (Å²) in [6.45, 7) is 1.49. The number of H-pyrrole nitrogens is 1. The molecule has 0 spiro atoms. The maximum Gasteiger partial charge on any atom is 0.308 e. The molecule has 10 heteroatoms. The number of halogens is 1. The molecule has 0 radical (unpaired) electrons. The molecule has 1 unspecified atom stereocenters. The molecule has 1 aromatic carbocycles. The number of fused-ring (bicyclic) bond motifs is 1. The molecule has 0 aliphatic rings. The van der Waals surface area contributed by atoms with Gasteiger partial charge >= 0.3 is 5.97 Å². The Morgan fingerprint density at radius 2 is 2.00 bits per heavy atom. The number of esters is 1. The van der Waals surface area contributed by atoms with Crippen molar-refractivity contribution in [1.29, 1.82) is 0 Å². The summed E-state index contributed by atoms with van der Waals surface area (Å²) >= 11 is 5.73. The van der Waals surface area contributed by atoms with E-state index in [1.165, 1.54) is 19.2 Å². The Balaban J connectivity index is 1.43. The smallest absolute Gasteiger partial charge is 0.308 e. The van der Waals surface area contributed by atoms with Crippen molar-refractivity contribution in [2.45, 2.75) is 19.4 Å². The van der Waals surface area contributed by atoms with Gasteiger partial charge in [0.2, 0.25) is 0 Å². The first kappa shape index (κ1) is 20.3. The topological polar surface area (TPSA) is 126 Å². The van der Waals surface area contributed by atoms with Crippen LogP contribution < -0.4 is 10.6 Å². The number of hydrogen-bond acceptors (Lipinski definition) is 6. The average Bonchev–Trinajstić information content (AvgIpc) is 3.14. The number of carbonyl (C=O) groups is 3. The van der Waals surface area contributed by atoms with Gasteiger partial charge in [0.05, 0.1) is 17.0 Å². The summed E-state index contributed by atoms with van der Waals surface area (Å²) in [6, 6.07) is 10.3. The highest BCUT2D eigenvalue weighted by Gasteiger charge is 2.19. The van der Waals surface area contributed by atoms with Gasteiger partial charge < -0.3 is 15.4 Å². The number of rotatable bonds is 7. The van der Waals surface area contributed by atoms with E-state index in [1.54, 1.807) is 18.2 Å². The van der Waals surface area contributed by atoms with Crippen LogP contribution in [0.2, 0.25) is 5.02 Å². The highest BCUT2D eigenvalue weighted by Crippen LogP contribution is 2.14. The van der Waals surface area contributed by atoms with Gasteiger partial charge in [-0.2, -0.15) is 5.10 Å². The van der Waals surface area contributed by atoms with Crippen molar-refractivity contribution in [3.8, 4) is 0 Å². The predicted octanol–water partition coefficient (Wildman–Crippen LogP) is 2.30. The van der Waals surface area contributed by atoms with Crippen LogP contribution in [-0.4, -0.2) is 45.6 Å². The zero-order valence-corrected chi connectivity index (χ0v) is 16.2. The van der Waals surface area contributed by atoms with E-state index >= 15 is 0 Å². The van der Waals surface area contributed by atoms with E-state index in [2.05, 4.69) is 25.8 Å². The van der Waals surface area contributed by atoms with E-state index in [4.69, 9.17) is 16.3 Å². The number of amides is 2. The molecule has 3 N–H and O–H groups in total. The van der Waals surface area contributed by atoms with Crippen molar-refractivity contribution in [3.05, 3.63) is 53.3 Å². The fourth-order valence-electron chi connectivity index (χ4n) is 2.49. The van der Waals surface area contributed by atoms with Gasteiger partial charge in [0.15, 0.2) is 11.8 Å². The fraction of sp³-hybridized carbons (Fsp3) is 0.211. The largest absolute Gasteiger partial charge is 0.452 e. The third-order valence-electron chi connectivity index (χ3n) is 3.96. The molecular formula is C19H18ClN5O4. The molecular weight excluding hydrogens is 398 g/mol. The van der Waals surface area contributed by atoms with E-state index in [1.807, 2.05) is 12.1 Å². The van der Waals surface area contributed by atoms with Gasteiger partial charge in [-0.3, -0.25) is 19.5 Å². The zero-order valence-electron chi connectivity index (χ0n) is 15.4. The minimum Gasteiger partial charge on any atom is -0.452 e. The molecule has 29 heavy (non-hydrogen) atoms. The van der Waals surface area contributed by atoms with Crippen molar-refractivity contribution in [1.82, 2.24) is 20.5 Å². The Bertz CT molecular complexity index is 1030. The number of ether oxygens (including phenoxy) is 1. The molecule has 150 valence electrons. The number of benzene rings is 1. The van der Waals surface area contributed by atoms with E-state index in [-0.39, 0.29) is 18.7 Å². The summed E-state index contributed by atoms with van der Waals surface area (Å²) < 4.78 is 5.07. The summed E-state index contributed by atoms with van der Waals surface area (Å²) in [7, 11) is 0. The lowest BCUT2D eigenvalue weighted by atomic mass is 10.2. The number of hydrogen-bond donors (Lipinski definition) is 3. The molecule has 3 aromatic rings. The second-order valence-electron chi connectivity index (χ2n) is 6.11. The maximum atomic E-state index is 12.2. The van der Waals surface area contributed by atoms with Crippen LogP contribution in [0.5, 0.6) is 0 Å². The highest BCUT2D eigenvalue weighted by atomic mass is 35.5. The monoisotopic (exact) mass is 415 g/mol. The summed E-state index contributed by atoms with van der Waals surface area (Å²) in [6.07, 6.45) is 0.273. The Labute approximate surface area is 170 Å². The number of nitrogens with one attached hydrogen (secondary N) is 3. The number of anilines is 1. The number of nitrogens with zero attached hydrogens (tertiary/aromatic N) is 2. The molecule has 2 amide bonds. The second kappa shape index (κ2) is 9.16. The van der Waals surface area contributed by atoms with Crippen LogP contribution >= 0.6 is 11.6 Å². The number of pyridine rings is 1. The van der Waals surface area contributed by atoms with E-state index in [9.17, 15) is 14.4 Å². The molecule has 2 heterocycles. The standard InChI is InChI=1S/C19H18ClN5O4/c1-11(18(27)23-15-7-6-12(20)10-22-15)29-16(26)8-9-21-19(28)17-13-4-2-3-5-14(13)24-25-17/h2-7,10-11H,8-9H2,1H3,(H,21,28)(H,24,25)(H,22,23,27). The lowest BCUT2D eigenvalue weighted by Crippen LogP contribution is -2.32. The van der Waals surface area contributed by atoms with Gasteiger partial charge in [-0.15, -0.1) is 0 Å². The Hall–Kier alpha value is -3.46. The van der Waals surface area contributed by atoms with Gasteiger partial charge in [-0.05, 0) is 25.1 Å². The third-order valence-corrected chi connectivity index (χ3v) is 4.18. The predicted molar refractivity (Wildman–Crippen MR) is 106 cm³/mol. The van der Waals surface area contributed by atoms with Crippen LogP contribution in [0.3, 0.4) is 0 Å². The molecule has 2 aromatic heterocycles. The van der Waals surface area contributed by atoms with Gasteiger partial charge in [0, 0.05) is 18.1 Å². The SMILES string of the molecule is CC(OC(=O)CCNC(=O)c1n[nH]c2ccccc12)C(=O)Nc1ccc(Cl)cn1. The Morgan fingerprint density at radius 1 is 1.21 bits per heavy atom. The molecule has 0 bridgehead atoms. The lowest BCUT2D eigenvalue weighted by Gasteiger charge is -2.13. The van der Waals surface area contributed by atoms with Gasteiger partial charge in [0.25, 0.3) is 11.8 Å². The minimum atomic E-state index is -1.02. The van der Waals surface area contributed by atoms with Crippen molar-refractivity contribution < 1.29 is 19.1 Å². The summed E-state index contributed by atoms with van der Waals surface area (Å²) in [4.78, 5) is 40.1. The third kappa shape index (κ3) is 5.29. The molecule has 0 aliphatic heterocycles. The van der Waals surface area contributed by atoms with E-state index in [0.29, 0.717) is 16.2 Å². The van der Waals surface area contributed by atoms with Crippen molar-refractivity contribution >= 4 is 46.1 Å². The number of carbonyl (C=O) groups excluding carboxylic acids is 3. The Kier molecular flexibility index (Phi) is 6.40. The van der Waals surface area contributed by atoms with Crippen LogP contribution in [0.15, 0.2) is 42.6 Å². The first-order valence-corrected chi connectivity index (χ1v) is 9.15. The van der Waals surface area contributed by atoms with Gasteiger partial charge in [0.1, 0.15) is 5.82 Å². The minimum absolute atomic E-state index is 0.0476. The van der Waals surface area contributed by atoms with Crippen molar-refractivity contribution in [2.24, 2.45) is 0 Å². The number of aromatic nitrogens is 3. The van der Waals surface area contributed by atoms with Crippen LogP contribution in [0.4, 0.5) is 5.82 Å². The number of aromatic amines is 1. The normalized spacial score (nSPS) is 11.7. The summed E-state index contributed by atoms with van der Waals surface area (Å²) in [5.41, 5.74) is 0.990. The average molecular weight is 416 g/mol. The number of para-hydroxylation sites is 1. The van der Waals surface area contributed by atoms with Gasteiger partial charge in [-0.25, -0.2) is 4.98 Å². The molecule has 0 fully saturated rings. The van der Waals surface area contributed by atoms with Crippen LogP contribution in [0.25, 0.3) is 10.9 Å². The van der Waals surface area contributed by atoms with Gasteiger partial charge in [-0.1, -0.05) is 29.8 Å². The highest BCUT2D eigenvalue weighted by molar-refractivity contribution is 6.30. The molecule has 0 saturated heterocycles. The quantitative estimate of drug-likeness (QED) is 0.508. The van der Waals surface area contributed by atoms with Crippen LogP contribution in [0.1, 0.15) is 23.8 Å². The first-order chi connectivity index (χ1) is 13.9. The molecule has 0 saturated carbocycles. The first-order valence-electron chi connectivity index (χ1n) is 8.77. The van der Waals surface area contributed by atoms with Crippen molar-refractivity contribution in [2.75, 3.05) is 11.9 Å². The fourth-order valence-corrected chi connectivity index (χ4v) is 2.60.